The monoisotopic (exact) mass is 276 g/mol. The normalized spacial score (nSPS) is 27.1. The fraction of sp³-hybridized carbons (Fsp3) is 0.765. The zero-order chi connectivity index (χ0) is 13.9. The molecule has 1 aromatic rings. The number of nitrogens with zero attached hydrogens (tertiary/aromatic N) is 1. The Morgan fingerprint density at radius 3 is 3.00 bits per heavy atom. The zero-order valence-corrected chi connectivity index (χ0v) is 12.9. The molecule has 1 saturated heterocycles. The molecule has 2 aliphatic rings. The van der Waals surface area contributed by atoms with Crippen molar-refractivity contribution in [2.24, 2.45) is 5.92 Å². The summed E-state index contributed by atoms with van der Waals surface area (Å²) < 4.78 is 5.67. The Bertz CT molecular complexity index is 426. The summed E-state index contributed by atoms with van der Waals surface area (Å²) in [5.74, 6) is 2.09. The molecule has 0 aromatic carbocycles. The highest BCUT2D eigenvalue weighted by Gasteiger charge is 2.35. The minimum Gasteiger partial charge on any atom is -0.468 e. The average Bonchev–Trinajstić information content (AvgIpc) is 3.05. The molecule has 2 atom stereocenters. The van der Waals surface area contributed by atoms with Crippen molar-refractivity contribution >= 4 is 0 Å². The fourth-order valence-electron chi connectivity index (χ4n) is 3.88. The first-order valence-electron chi connectivity index (χ1n) is 8.26. The van der Waals surface area contributed by atoms with Crippen molar-refractivity contribution in [3.8, 4) is 0 Å². The SMILES string of the molecule is CC(C)NCc1occc1CN1CCC2CCCCC21. The van der Waals surface area contributed by atoms with Crippen LogP contribution < -0.4 is 5.32 Å². The van der Waals surface area contributed by atoms with E-state index in [1.165, 1.54) is 44.2 Å². The number of hydrogen-bond acceptors (Lipinski definition) is 3. The Hall–Kier alpha value is -0.800. The zero-order valence-electron chi connectivity index (χ0n) is 12.9. The maximum atomic E-state index is 5.67. The van der Waals surface area contributed by atoms with Crippen LogP contribution in [0.15, 0.2) is 16.7 Å². The first-order valence-corrected chi connectivity index (χ1v) is 8.26. The highest BCUT2D eigenvalue weighted by atomic mass is 16.3. The summed E-state index contributed by atoms with van der Waals surface area (Å²) in [6.45, 7) is 7.55. The summed E-state index contributed by atoms with van der Waals surface area (Å²) in [6, 6.07) is 3.50. The average molecular weight is 276 g/mol. The van der Waals surface area contributed by atoms with Gasteiger partial charge in [-0.25, -0.2) is 0 Å². The number of hydrogen-bond donors (Lipinski definition) is 1. The molecule has 3 rings (SSSR count). The third kappa shape index (κ3) is 3.09. The van der Waals surface area contributed by atoms with Crippen molar-refractivity contribution in [3.05, 3.63) is 23.7 Å². The van der Waals surface area contributed by atoms with Crippen LogP contribution in [0.3, 0.4) is 0 Å². The topological polar surface area (TPSA) is 28.4 Å². The molecule has 1 aliphatic heterocycles. The molecule has 2 unspecified atom stereocenters. The lowest BCUT2D eigenvalue weighted by atomic mass is 9.85. The van der Waals surface area contributed by atoms with Gasteiger partial charge in [-0.15, -0.1) is 0 Å². The van der Waals surface area contributed by atoms with Crippen LogP contribution in [0.2, 0.25) is 0 Å². The van der Waals surface area contributed by atoms with Gasteiger partial charge in [0, 0.05) is 24.2 Å². The van der Waals surface area contributed by atoms with Gasteiger partial charge in [0.05, 0.1) is 12.8 Å². The Morgan fingerprint density at radius 1 is 1.30 bits per heavy atom. The third-order valence-electron chi connectivity index (χ3n) is 5.01. The Balaban J connectivity index is 1.61. The van der Waals surface area contributed by atoms with Gasteiger partial charge in [0.2, 0.25) is 0 Å². The molecule has 2 fully saturated rings. The predicted molar refractivity (Wildman–Crippen MR) is 81.5 cm³/mol. The summed E-state index contributed by atoms with van der Waals surface area (Å²) in [7, 11) is 0. The van der Waals surface area contributed by atoms with Gasteiger partial charge in [0.25, 0.3) is 0 Å². The van der Waals surface area contributed by atoms with Gasteiger partial charge in [-0.05, 0) is 37.8 Å². The summed E-state index contributed by atoms with van der Waals surface area (Å²) in [5.41, 5.74) is 1.38. The van der Waals surface area contributed by atoms with E-state index in [0.29, 0.717) is 6.04 Å². The molecule has 20 heavy (non-hydrogen) atoms. The summed E-state index contributed by atoms with van der Waals surface area (Å²) in [6.07, 6.45) is 8.98. The van der Waals surface area contributed by atoms with Crippen LogP contribution in [-0.4, -0.2) is 23.5 Å². The molecule has 0 radical (unpaired) electrons. The summed E-state index contributed by atoms with van der Waals surface area (Å²) >= 11 is 0. The molecule has 0 amide bonds. The van der Waals surface area contributed by atoms with E-state index in [1.54, 1.807) is 0 Å². The van der Waals surface area contributed by atoms with E-state index < -0.39 is 0 Å². The van der Waals surface area contributed by atoms with Gasteiger partial charge in [-0.2, -0.15) is 0 Å². The number of nitrogens with one attached hydrogen (secondary N) is 1. The van der Waals surface area contributed by atoms with Crippen LogP contribution in [0.1, 0.15) is 57.3 Å². The van der Waals surface area contributed by atoms with Crippen LogP contribution in [0.5, 0.6) is 0 Å². The molecule has 1 N–H and O–H groups in total. The van der Waals surface area contributed by atoms with Gasteiger partial charge in [0.15, 0.2) is 0 Å². The molecule has 2 heterocycles. The molecule has 3 nitrogen and oxygen atoms in total. The van der Waals surface area contributed by atoms with Gasteiger partial charge in [0.1, 0.15) is 5.76 Å². The van der Waals surface area contributed by atoms with Crippen LogP contribution in [0, 0.1) is 5.92 Å². The van der Waals surface area contributed by atoms with Crippen LogP contribution in [0.25, 0.3) is 0 Å². The first kappa shape index (κ1) is 14.2. The molecule has 0 bridgehead atoms. The minimum absolute atomic E-state index is 0.502. The van der Waals surface area contributed by atoms with E-state index in [1.807, 2.05) is 6.26 Å². The molecule has 1 aromatic heterocycles. The van der Waals surface area contributed by atoms with Crippen molar-refractivity contribution < 1.29 is 4.42 Å². The standard InChI is InChI=1S/C17H28N2O/c1-13(2)18-11-17-15(8-10-20-17)12-19-9-7-14-5-3-4-6-16(14)19/h8,10,13-14,16,18H,3-7,9,11-12H2,1-2H3. The maximum absolute atomic E-state index is 5.67. The number of furan rings is 1. The Morgan fingerprint density at radius 2 is 2.15 bits per heavy atom. The predicted octanol–water partition coefficient (Wildman–Crippen LogP) is 3.54. The molecule has 3 heteroatoms. The second kappa shape index (κ2) is 6.31. The first-order chi connectivity index (χ1) is 9.74. The fourth-order valence-corrected chi connectivity index (χ4v) is 3.88. The van der Waals surface area contributed by atoms with E-state index in [4.69, 9.17) is 4.42 Å². The van der Waals surface area contributed by atoms with Gasteiger partial charge in [-0.1, -0.05) is 26.7 Å². The second-order valence-electron chi connectivity index (χ2n) is 6.78. The van der Waals surface area contributed by atoms with Gasteiger partial charge < -0.3 is 9.73 Å². The van der Waals surface area contributed by atoms with Crippen molar-refractivity contribution in [1.29, 1.82) is 0 Å². The van der Waals surface area contributed by atoms with Crippen LogP contribution in [0.4, 0.5) is 0 Å². The molecular weight excluding hydrogens is 248 g/mol. The molecular formula is C17H28N2O. The van der Waals surface area contributed by atoms with Crippen molar-refractivity contribution in [2.75, 3.05) is 6.54 Å². The quantitative estimate of drug-likeness (QED) is 0.891. The van der Waals surface area contributed by atoms with E-state index in [-0.39, 0.29) is 0 Å². The van der Waals surface area contributed by atoms with E-state index >= 15 is 0 Å². The second-order valence-corrected chi connectivity index (χ2v) is 6.78. The van der Waals surface area contributed by atoms with Gasteiger partial charge in [-0.3, -0.25) is 4.90 Å². The number of likely N-dealkylation sites (tertiary alicyclic amines) is 1. The lowest BCUT2D eigenvalue weighted by Crippen LogP contribution is -2.34. The lowest BCUT2D eigenvalue weighted by molar-refractivity contribution is 0.175. The highest BCUT2D eigenvalue weighted by Crippen LogP contribution is 2.37. The Kier molecular flexibility index (Phi) is 4.47. The number of rotatable bonds is 5. The van der Waals surface area contributed by atoms with Crippen molar-refractivity contribution in [1.82, 2.24) is 10.2 Å². The molecule has 1 aliphatic carbocycles. The molecule has 1 saturated carbocycles. The maximum Gasteiger partial charge on any atom is 0.122 e. The summed E-state index contributed by atoms with van der Waals surface area (Å²) in [5, 5.41) is 3.46. The minimum atomic E-state index is 0.502. The molecule has 0 spiro atoms. The Labute approximate surface area is 122 Å². The van der Waals surface area contributed by atoms with Crippen LogP contribution >= 0.6 is 0 Å². The summed E-state index contributed by atoms with van der Waals surface area (Å²) in [4.78, 5) is 2.70. The lowest BCUT2D eigenvalue weighted by Gasteiger charge is -2.31. The largest absolute Gasteiger partial charge is 0.468 e. The molecule has 112 valence electrons. The highest BCUT2D eigenvalue weighted by molar-refractivity contribution is 5.17. The van der Waals surface area contributed by atoms with Gasteiger partial charge >= 0.3 is 0 Å². The van der Waals surface area contributed by atoms with Crippen molar-refractivity contribution in [2.45, 2.75) is 71.1 Å². The van der Waals surface area contributed by atoms with E-state index in [9.17, 15) is 0 Å². The van der Waals surface area contributed by atoms with E-state index in [0.717, 1.165) is 30.8 Å². The van der Waals surface area contributed by atoms with E-state index in [2.05, 4.69) is 30.1 Å². The number of fused-ring (bicyclic) bond motifs is 1. The smallest absolute Gasteiger partial charge is 0.122 e. The van der Waals surface area contributed by atoms with Crippen molar-refractivity contribution in [3.63, 3.8) is 0 Å². The van der Waals surface area contributed by atoms with Crippen LogP contribution in [-0.2, 0) is 13.1 Å². The third-order valence-corrected chi connectivity index (χ3v) is 5.01.